The molecule has 0 N–H and O–H groups in total. The van der Waals surface area contributed by atoms with Crippen LogP contribution in [0.4, 0.5) is 5.69 Å². The number of likely N-dealkylation sites (tertiary alicyclic amines) is 1. The Balaban J connectivity index is 0.000000480. The Hall–Kier alpha value is -0.0618. The summed E-state index contributed by atoms with van der Waals surface area (Å²) in [5.74, 6) is 0.492. The summed E-state index contributed by atoms with van der Waals surface area (Å²) < 4.78 is 5.39. The molecule has 0 bridgehead atoms. The fraction of sp³-hybridized carbons (Fsp3) is 0.429. The number of hydrogen-bond donors (Lipinski definition) is 0. The van der Waals surface area contributed by atoms with E-state index in [4.69, 9.17) is 57.7 Å². The Morgan fingerprint density at radius 1 is 1.11 bits per heavy atom. The van der Waals surface area contributed by atoms with Crippen LogP contribution in [0.2, 0.25) is 0 Å². The molecule has 0 amide bonds. The zero-order valence-corrected chi connectivity index (χ0v) is 21.7. The first kappa shape index (κ1) is 26.0. The van der Waals surface area contributed by atoms with Gasteiger partial charge in [0.25, 0.3) is 11.6 Å². The first-order valence-electron chi connectivity index (χ1n) is 7.82. The van der Waals surface area contributed by atoms with Gasteiger partial charge in [0.05, 0.1) is 17.6 Å². The molecule has 0 aromatic heterocycles. The minimum atomic E-state index is -5.42. The average molecular weight is 624 g/mol. The second-order valence-electron chi connectivity index (χ2n) is 5.77. The van der Waals surface area contributed by atoms with Gasteiger partial charge in [-0.2, -0.15) is 0 Å². The van der Waals surface area contributed by atoms with E-state index in [1.807, 2.05) is 4.90 Å². The summed E-state index contributed by atoms with van der Waals surface area (Å²) in [6.07, 6.45) is 3.30. The standard InChI is InChI=1S/C14H17N4O3.6ClH.Sb/c1-21-14(17-9-3-2-4-10-17)13(16-15)11-5-7-12(8-6-11)18(19)20;;;;;;;/h5-8H,2-4,9-10H2,1H3;6*1H;/q+1;;;;;;;+5/p-6/b14-13+;;;;;;;. The van der Waals surface area contributed by atoms with Crippen molar-refractivity contribution in [2.75, 3.05) is 20.2 Å². The third-order valence-electron chi connectivity index (χ3n) is 3.49. The molecule has 14 heteroatoms. The number of nitro benzene ring substituents is 1. The molecule has 0 spiro atoms. The number of ether oxygens (including phenoxy) is 1. The number of non-ortho nitro benzene ring substituents is 1. The molecular formula is C14H17Cl6N4O3Sb. The molecule has 7 nitrogen and oxygen atoms in total. The maximum atomic E-state index is 10.7. The Kier molecular flexibility index (Phi) is 8.71. The van der Waals surface area contributed by atoms with Crippen LogP contribution in [0, 0.1) is 15.5 Å². The molecule has 0 unspecified atom stereocenters. The van der Waals surface area contributed by atoms with E-state index in [0.717, 1.165) is 25.9 Å². The summed E-state index contributed by atoms with van der Waals surface area (Å²) in [7, 11) is 26.5. The second kappa shape index (κ2) is 9.39. The van der Waals surface area contributed by atoms with Crippen LogP contribution in [-0.2, 0) is 4.74 Å². The Bertz CT molecular complexity index is 773. The first-order valence-corrected chi connectivity index (χ1v) is 27.2. The molecule has 1 heterocycles. The van der Waals surface area contributed by atoms with Crippen LogP contribution < -0.4 is 0 Å². The first-order chi connectivity index (χ1) is 12.6. The fourth-order valence-electron chi connectivity index (χ4n) is 2.44. The number of benzene rings is 1. The van der Waals surface area contributed by atoms with Crippen LogP contribution in [0.5, 0.6) is 0 Å². The van der Waals surface area contributed by atoms with Gasteiger partial charge in [-0.15, -0.1) is 0 Å². The molecule has 0 radical (unpaired) electrons. The molecule has 1 aromatic carbocycles. The van der Waals surface area contributed by atoms with Gasteiger partial charge in [0.2, 0.25) is 5.39 Å². The van der Waals surface area contributed by atoms with Crippen LogP contribution in [0.15, 0.2) is 30.1 Å². The number of rotatable bonds is 4. The van der Waals surface area contributed by atoms with E-state index in [1.165, 1.54) is 25.7 Å². The molecule has 158 valence electrons. The van der Waals surface area contributed by atoms with E-state index in [1.54, 1.807) is 12.1 Å². The monoisotopic (exact) mass is 620 g/mol. The summed E-state index contributed by atoms with van der Waals surface area (Å²) in [5.41, 5.74) is 0.854. The number of nitro groups is 1. The van der Waals surface area contributed by atoms with Gasteiger partial charge in [0.15, 0.2) is 4.98 Å². The van der Waals surface area contributed by atoms with Crippen LogP contribution in [0.1, 0.15) is 24.8 Å². The number of hydrogen-bond acceptors (Lipinski definition) is 5. The molecule has 0 atom stereocenters. The maximum absolute atomic E-state index is 10.7. The van der Waals surface area contributed by atoms with E-state index < -0.39 is 14.1 Å². The SMILES string of the molecule is CO/C(=C(/[N+]#N)c1ccc([N+](=O)[O-])cc1)N1CCCCC1.[Cl][Sb-]([Cl])([Cl])([Cl])([Cl])[Cl]. The quantitative estimate of drug-likeness (QED) is 0.119. The van der Waals surface area contributed by atoms with Gasteiger partial charge in [-0.05, 0) is 31.4 Å². The second-order valence-corrected chi connectivity index (χ2v) is 62.7. The van der Waals surface area contributed by atoms with Crippen molar-refractivity contribution in [3.8, 4) is 0 Å². The third-order valence-corrected chi connectivity index (χ3v) is 3.49. The van der Waals surface area contributed by atoms with Gasteiger partial charge >= 0.3 is 67.8 Å². The Morgan fingerprint density at radius 2 is 1.57 bits per heavy atom. The van der Waals surface area contributed by atoms with Gasteiger partial charge in [0, 0.05) is 25.2 Å². The number of halogens is 6. The van der Waals surface area contributed by atoms with Crippen molar-refractivity contribution < 1.29 is 9.66 Å². The van der Waals surface area contributed by atoms with Crippen molar-refractivity contribution in [2.24, 2.45) is 0 Å². The third kappa shape index (κ3) is 11.2. The van der Waals surface area contributed by atoms with Gasteiger partial charge in [-0.1, -0.05) is 0 Å². The summed E-state index contributed by atoms with van der Waals surface area (Å²) in [6.45, 7) is 1.68. The van der Waals surface area contributed by atoms with Gasteiger partial charge in [-0.25, -0.2) is 0 Å². The van der Waals surface area contributed by atoms with E-state index in [-0.39, 0.29) is 11.4 Å². The van der Waals surface area contributed by atoms with Crippen molar-refractivity contribution in [3.05, 3.63) is 50.8 Å². The van der Waals surface area contributed by atoms with E-state index in [2.05, 4.69) is 4.98 Å². The molecular weight excluding hydrogens is 607 g/mol. The van der Waals surface area contributed by atoms with Gasteiger partial charge < -0.3 is 9.64 Å². The zero-order valence-electron chi connectivity index (χ0n) is 14.6. The Labute approximate surface area is 182 Å². The van der Waals surface area contributed by atoms with Crippen molar-refractivity contribution in [3.63, 3.8) is 0 Å². The van der Waals surface area contributed by atoms with Crippen LogP contribution >= 0.6 is 53.0 Å². The van der Waals surface area contributed by atoms with E-state index in [0.29, 0.717) is 11.4 Å². The predicted molar refractivity (Wildman–Crippen MR) is 118 cm³/mol. The summed E-state index contributed by atoms with van der Waals surface area (Å²) >= 11 is 0. The van der Waals surface area contributed by atoms with Crippen LogP contribution in [-0.4, -0.2) is 39.2 Å². The molecule has 0 aliphatic carbocycles. The normalized spacial score (nSPS) is 17.7. The Morgan fingerprint density at radius 3 is 1.93 bits per heavy atom. The number of nitrogens with zero attached hydrogens (tertiary/aromatic N) is 4. The summed E-state index contributed by atoms with van der Waals surface area (Å²) in [5, 5.41) is 20.0. The number of piperidine rings is 1. The fourth-order valence-corrected chi connectivity index (χ4v) is 2.44. The molecule has 2 rings (SSSR count). The van der Waals surface area contributed by atoms with Crippen LogP contribution in [0.25, 0.3) is 10.7 Å². The molecule has 1 fully saturated rings. The predicted octanol–water partition coefficient (Wildman–Crippen LogP) is 6.96. The van der Waals surface area contributed by atoms with E-state index >= 15 is 0 Å². The van der Waals surface area contributed by atoms with Crippen molar-refractivity contribution in [1.82, 2.24) is 4.90 Å². The average Bonchev–Trinajstić information content (AvgIpc) is 2.57. The van der Waals surface area contributed by atoms with E-state index in [9.17, 15) is 15.5 Å². The topological polar surface area (TPSA) is 83.8 Å². The summed E-state index contributed by atoms with van der Waals surface area (Å²) in [4.78, 5) is 15.6. The molecule has 1 aromatic rings. The van der Waals surface area contributed by atoms with Crippen molar-refractivity contribution >= 4 is 73.5 Å². The molecule has 28 heavy (non-hydrogen) atoms. The zero-order chi connectivity index (χ0) is 21.7. The molecule has 1 aliphatic heterocycles. The molecule has 1 saturated heterocycles. The van der Waals surface area contributed by atoms with Gasteiger partial charge in [-0.3, -0.25) is 10.1 Å². The summed E-state index contributed by atoms with van der Waals surface area (Å²) in [6, 6.07) is 5.86. The number of diazo groups is 1. The van der Waals surface area contributed by atoms with Crippen molar-refractivity contribution in [1.29, 1.82) is 5.39 Å². The van der Waals surface area contributed by atoms with Crippen LogP contribution in [0.3, 0.4) is 0 Å². The molecule has 1 aliphatic rings. The minimum absolute atomic E-state index is 0.00650. The van der Waals surface area contributed by atoms with Crippen molar-refractivity contribution in [2.45, 2.75) is 19.3 Å². The molecule has 0 saturated carbocycles. The number of methoxy groups -OCH3 is 1. The van der Waals surface area contributed by atoms with Gasteiger partial charge in [0.1, 0.15) is 0 Å².